The molecule has 0 aliphatic carbocycles. The van der Waals surface area contributed by atoms with Gasteiger partial charge < -0.3 is 9.88 Å². The van der Waals surface area contributed by atoms with E-state index in [0.29, 0.717) is 13.1 Å². The Labute approximate surface area is 128 Å². The molecule has 1 amide bonds. The topological polar surface area (TPSA) is 81.8 Å². The van der Waals surface area contributed by atoms with Gasteiger partial charge in [-0.2, -0.15) is 5.10 Å². The summed E-state index contributed by atoms with van der Waals surface area (Å²) >= 11 is 0. The number of aromatic amines is 2. The van der Waals surface area contributed by atoms with Crippen molar-refractivity contribution in [2.45, 2.75) is 32.6 Å². The largest absolute Gasteiger partial charge is 0.338 e. The fourth-order valence-electron chi connectivity index (χ4n) is 2.97. The van der Waals surface area contributed by atoms with E-state index in [0.717, 1.165) is 29.8 Å². The fourth-order valence-corrected chi connectivity index (χ4v) is 2.97. The van der Waals surface area contributed by atoms with Crippen molar-refractivity contribution < 1.29 is 4.79 Å². The second-order valence-corrected chi connectivity index (χ2v) is 5.92. The van der Waals surface area contributed by atoms with E-state index in [2.05, 4.69) is 15.2 Å². The number of pyridine rings is 1. The summed E-state index contributed by atoms with van der Waals surface area (Å²) in [4.78, 5) is 29.3. The van der Waals surface area contributed by atoms with E-state index < -0.39 is 0 Å². The number of piperidine rings is 1. The Morgan fingerprint density at radius 3 is 2.95 bits per heavy atom. The summed E-state index contributed by atoms with van der Waals surface area (Å²) in [6, 6.07) is 3.64. The lowest BCUT2D eigenvalue weighted by Crippen LogP contribution is -2.41. The maximum absolute atomic E-state index is 12.7. The van der Waals surface area contributed by atoms with Crippen LogP contribution in [0.25, 0.3) is 0 Å². The Morgan fingerprint density at radius 2 is 2.23 bits per heavy atom. The predicted octanol–water partition coefficient (Wildman–Crippen LogP) is 1.73. The molecule has 1 saturated heterocycles. The highest BCUT2D eigenvalue weighted by atomic mass is 16.2. The first-order valence-electron chi connectivity index (χ1n) is 7.55. The molecule has 6 nitrogen and oxygen atoms in total. The molecule has 3 heterocycles. The number of aryl methyl sites for hydroxylation is 2. The van der Waals surface area contributed by atoms with Crippen molar-refractivity contribution in [3.63, 3.8) is 0 Å². The lowest BCUT2D eigenvalue weighted by Gasteiger charge is -2.32. The highest BCUT2D eigenvalue weighted by Crippen LogP contribution is 2.26. The summed E-state index contributed by atoms with van der Waals surface area (Å²) in [6.07, 6.45) is 3.68. The van der Waals surface area contributed by atoms with E-state index in [-0.39, 0.29) is 22.9 Å². The lowest BCUT2D eigenvalue weighted by molar-refractivity contribution is 0.0704. The quantitative estimate of drug-likeness (QED) is 0.886. The molecule has 2 N–H and O–H groups in total. The molecule has 0 unspecified atom stereocenters. The Hall–Kier alpha value is -2.37. The first-order chi connectivity index (χ1) is 10.6. The van der Waals surface area contributed by atoms with E-state index in [1.54, 1.807) is 17.2 Å². The first-order valence-corrected chi connectivity index (χ1v) is 7.55. The molecule has 0 aromatic carbocycles. The van der Waals surface area contributed by atoms with Crippen LogP contribution in [0.4, 0.5) is 0 Å². The summed E-state index contributed by atoms with van der Waals surface area (Å²) in [5.74, 6) is 0.0689. The van der Waals surface area contributed by atoms with E-state index in [1.807, 2.05) is 19.9 Å². The molecule has 0 radical (unpaired) electrons. The number of H-pyrrole nitrogens is 2. The number of nitrogens with zero attached hydrogens (tertiary/aromatic N) is 2. The fraction of sp³-hybridized carbons (Fsp3) is 0.438. The molecule has 22 heavy (non-hydrogen) atoms. The van der Waals surface area contributed by atoms with Crippen LogP contribution in [0.2, 0.25) is 0 Å². The van der Waals surface area contributed by atoms with Crippen LogP contribution in [0.15, 0.2) is 23.1 Å². The van der Waals surface area contributed by atoms with Gasteiger partial charge in [0.15, 0.2) is 0 Å². The maximum Gasteiger partial charge on any atom is 0.261 e. The molecular weight excluding hydrogens is 280 g/mol. The third-order valence-corrected chi connectivity index (χ3v) is 4.40. The van der Waals surface area contributed by atoms with Crippen molar-refractivity contribution in [2.24, 2.45) is 0 Å². The number of hydrogen-bond acceptors (Lipinski definition) is 3. The zero-order chi connectivity index (χ0) is 15.7. The highest BCUT2D eigenvalue weighted by Gasteiger charge is 2.27. The van der Waals surface area contributed by atoms with Crippen molar-refractivity contribution in [3.8, 4) is 0 Å². The van der Waals surface area contributed by atoms with Gasteiger partial charge in [-0.1, -0.05) is 0 Å². The Morgan fingerprint density at radius 1 is 1.41 bits per heavy atom. The van der Waals surface area contributed by atoms with E-state index >= 15 is 0 Å². The third kappa shape index (κ3) is 2.68. The minimum Gasteiger partial charge on any atom is -0.338 e. The molecule has 0 saturated carbocycles. The average molecular weight is 300 g/mol. The van der Waals surface area contributed by atoms with Gasteiger partial charge in [0.05, 0.1) is 0 Å². The Bertz CT molecular complexity index is 733. The summed E-state index contributed by atoms with van der Waals surface area (Å²) in [6.45, 7) is 5.04. The van der Waals surface area contributed by atoms with Gasteiger partial charge in [0.1, 0.15) is 5.56 Å². The lowest BCUT2D eigenvalue weighted by atomic mass is 9.94. The number of aromatic nitrogens is 3. The summed E-state index contributed by atoms with van der Waals surface area (Å²) in [5, 5.41) is 6.96. The monoisotopic (exact) mass is 300 g/mol. The summed E-state index contributed by atoms with van der Waals surface area (Å²) in [7, 11) is 0. The summed E-state index contributed by atoms with van der Waals surface area (Å²) in [5.41, 5.74) is 2.69. The van der Waals surface area contributed by atoms with Crippen molar-refractivity contribution in [1.29, 1.82) is 0 Å². The molecule has 1 aliphatic rings. The smallest absolute Gasteiger partial charge is 0.261 e. The number of amides is 1. The number of carbonyl (C=O) groups is 1. The number of carbonyl (C=O) groups excluding carboxylic acids is 1. The van der Waals surface area contributed by atoms with E-state index in [9.17, 15) is 9.59 Å². The predicted molar refractivity (Wildman–Crippen MR) is 83.0 cm³/mol. The van der Waals surface area contributed by atoms with Gasteiger partial charge in [0.25, 0.3) is 11.5 Å². The number of nitrogens with one attached hydrogen (secondary N) is 2. The minimum absolute atomic E-state index is 0.187. The van der Waals surface area contributed by atoms with Gasteiger partial charge >= 0.3 is 0 Å². The van der Waals surface area contributed by atoms with Gasteiger partial charge in [-0.25, -0.2) is 0 Å². The van der Waals surface area contributed by atoms with Crippen LogP contribution >= 0.6 is 0 Å². The third-order valence-electron chi connectivity index (χ3n) is 4.40. The van der Waals surface area contributed by atoms with Gasteiger partial charge in [0.2, 0.25) is 0 Å². The Kier molecular flexibility index (Phi) is 3.83. The molecule has 1 fully saturated rings. The number of rotatable bonds is 2. The molecule has 3 rings (SSSR count). The minimum atomic E-state index is -0.309. The van der Waals surface area contributed by atoms with E-state index in [4.69, 9.17) is 0 Å². The molecule has 1 aliphatic heterocycles. The van der Waals surface area contributed by atoms with Crippen LogP contribution in [0, 0.1) is 13.8 Å². The van der Waals surface area contributed by atoms with Gasteiger partial charge in [-0.3, -0.25) is 14.7 Å². The zero-order valence-electron chi connectivity index (χ0n) is 12.8. The van der Waals surface area contributed by atoms with Gasteiger partial charge in [-0.05, 0) is 44.4 Å². The normalized spacial score (nSPS) is 18.5. The average Bonchev–Trinajstić information content (AvgIpc) is 3.05. The molecule has 2 aromatic rings. The number of likely N-dealkylation sites (tertiary alicyclic amines) is 1. The van der Waals surface area contributed by atoms with E-state index in [1.165, 1.54) is 0 Å². The van der Waals surface area contributed by atoms with Crippen molar-refractivity contribution >= 4 is 5.91 Å². The van der Waals surface area contributed by atoms with Crippen LogP contribution in [0.1, 0.15) is 46.1 Å². The zero-order valence-corrected chi connectivity index (χ0v) is 12.8. The SMILES string of the molecule is Cc1cc(C(=O)N2CCC[C@@H](c3ccn[nH]3)C2)c(=O)[nH]c1C. The summed E-state index contributed by atoms with van der Waals surface area (Å²) < 4.78 is 0. The molecule has 2 aromatic heterocycles. The Balaban J connectivity index is 1.83. The molecule has 6 heteroatoms. The van der Waals surface area contributed by atoms with Crippen LogP contribution in [0.3, 0.4) is 0 Å². The van der Waals surface area contributed by atoms with Crippen molar-refractivity contribution in [2.75, 3.05) is 13.1 Å². The van der Waals surface area contributed by atoms with Crippen molar-refractivity contribution in [1.82, 2.24) is 20.1 Å². The maximum atomic E-state index is 12.7. The standard InChI is InChI=1S/C16H20N4O2/c1-10-8-13(15(21)18-11(10)2)16(22)20-7-3-4-12(9-20)14-5-6-17-19-14/h5-6,8,12H,3-4,7,9H2,1-2H3,(H,17,19)(H,18,21)/t12-/m1/s1. The van der Waals surface area contributed by atoms with Crippen LogP contribution in [-0.4, -0.2) is 39.1 Å². The molecule has 116 valence electrons. The number of hydrogen-bond donors (Lipinski definition) is 2. The van der Waals surface area contributed by atoms with Gasteiger partial charge in [0, 0.05) is 36.6 Å². The second-order valence-electron chi connectivity index (χ2n) is 5.92. The molecule has 0 spiro atoms. The van der Waals surface area contributed by atoms with Gasteiger partial charge in [-0.15, -0.1) is 0 Å². The highest BCUT2D eigenvalue weighted by molar-refractivity contribution is 5.94. The molecule has 1 atom stereocenters. The molecular formula is C16H20N4O2. The molecule has 0 bridgehead atoms. The van der Waals surface area contributed by atoms with Crippen LogP contribution in [0.5, 0.6) is 0 Å². The van der Waals surface area contributed by atoms with Crippen LogP contribution in [-0.2, 0) is 0 Å². The van der Waals surface area contributed by atoms with Crippen LogP contribution < -0.4 is 5.56 Å². The first kappa shape index (κ1) is 14.6. The second kappa shape index (κ2) is 5.79. The van der Waals surface area contributed by atoms with Crippen molar-refractivity contribution in [3.05, 3.63) is 51.2 Å².